The second kappa shape index (κ2) is 8.98. The molecule has 132 valence electrons. The third-order valence-corrected chi connectivity index (χ3v) is 6.16. The number of ketones is 1. The summed E-state index contributed by atoms with van der Waals surface area (Å²) in [5, 5.41) is 6.59. The van der Waals surface area contributed by atoms with E-state index in [0.717, 1.165) is 10.4 Å². The zero-order valence-electron chi connectivity index (χ0n) is 14.1. The minimum absolute atomic E-state index is 0.0300. The topological polar surface area (TPSA) is 46.2 Å². The first kappa shape index (κ1) is 18.6. The number of thioether (sulfide) groups is 1. The van der Waals surface area contributed by atoms with Crippen LogP contribution in [-0.4, -0.2) is 17.9 Å². The Kier molecular flexibility index (Phi) is 6.44. The molecule has 1 aromatic carbocycles. The van der Waals surface area contributed by atoms with Crippen LogP contribution in [0.25, 0.3) is 6.08 Å². The normalized spacial score (nSPS) is 11.0. The van der Waals surface area contributed by atoms with E-state index in [1.807, 2.05) is 59.5 Å². The fourth-order valence-corrected chi connectivity index (χ4v) is 4.20. The maximum absolute atomic E-state index is 12.3. The largest absolute Gasteiger partial charge is 0.348 e. The molecule has 0 saturated heterocycles. The van der Waals surface area contributed by atoms with E-state index in [4.69, 9.17) is 0 Å². The lowest BCUT2D eigenvalue weighted by atomic mass is 10.2. The Bertz CT molecular complexity index is 909. The number of carbonyl (C=O) groups is 2. The Morgan fingerprint density at radius 3 is 2.62 bits per heavy atom. The lowest BCUT2D eigenvalue weighted by molar-refractivity contribution is -0.116. The number of hydrogen-bond acceptors (Lipinski definition) is 5. The summed E-state index contributed by atoms with van der Waals surface area (Å²) < 4.78 is 0. The van der Waals surface area contributed by atoms with Gasteiger partial charge in [0.05, 0.1) is 11.4 Å². The van der Waals surface area contributed by atoms with Gasteiger partial charge in [-0.1, -0.05) is 12.1 Å². The van der Waals surface area contributed by atoms with Crippen LogP contribution in [0.3, 0.4) is 0 Å². The van der Waals surface area contributed by atoms with E-state index in [1.54, 1.807) is 17.8 Å². The summed E-state index contributed by atoms with van der Waals surface area (Å²) in [7, 11) is 0. The summed E-state index contributed by atoms with van der Waals surface area (Å²) in [6, 6.07) is 13.5. The number of nitrogens with one attached hydrogen (secondary N) is 1. The molecule has 0 spiro atoms. The summed E-state index contributed by atoms with van der Waals surface area (Å²) in [6.45, 7) is 0.413. The van der Waals surface area contributed by atoms with Crippen molar-refractivity contribution in [3.63, 3.8) is 0 Å². The monoisotopic (exact) mass is 399 g/mol. The van der Waals surface area contributed by atoms with Gasteiger partial charge in [-0.2, -0.15) is 11.3 Å². The van der Waals surface area contributed by atoms with Crippen LogP contribution in [0, 0.1) is 0 Å². The maximum atomic E-state index is 12.3. The van der Waals surface area contributed by atoms with Gasteiger partial charge in [0.1, 0.15) is 0 Å². The van der Waals surface area contributed by atoms with Crippen LogP contribution in [0.4, 0.5) is 0 Å². The number of amides is 1. The quantitative estimate of drug-likeness (QED) is 0.342. The second-order valence-electron chi connectivity index (χ2n) is 5.43. The van der Waals surface area contributed by atoms with Gasteiger partial charge in [-0.3, -0.25) is 9.59 Å². The molecule has 6 heteroatoms. The van der Waals surface area contributed by atoms with Crippen molar-refractivity contribution in [1.29, 1.82) is 0 Å². The van der Waals surface area contributed by atoms with Gasteiger partial charge in [0.2, 0.25) is 11.7 Å². The van der Waals surface area contributed by atoms with Crippen molar-refractivity contribution in [2.45, 2.75) is 11.4 Å². The highest BCUT2D eigenvalue weighted by Crippen LogP contribution is 2.21. The predicted molar refractivity (Wildman–Crippen MR) is 111 cm³/mol. The first-order valence-electron chi connectivity index (χ1n) is 7.91. The summed E-state index contributed by atoms with van der Waals surface area (Å²) in [5.74, 6) is -0.125. The molecule has 0 bridgehead atoms. The minimum atomic E-state index is -0.155. The van der Waals surface area contributed by atoms with Crippen LogP contribution in [0.15, 0.2) is 64.2 Å². The molecule has 0 unspecified atom stereocenters. The molecule has 3 aromatic rings. The van der Waals surface area contributed by atoms with Gasteiger partial charge in [-0.05, 0) is 53.6 Å². The number of hydrogen-bond donors (Lipinski definition) is 1. The molecule has 0 fully saturated rings. The van der Waals surface area contributed by atoms with E-state index >= 15 is 0 Å². The van der Waals surface area contributed by atoms with Crippen molar-refractivity contribution in [3.8, 4) is 0 Å². The van der Waals surface area contributed by atoms with Gasteiger partial charge in [-0.15, -0.1) is 23.1 Å². The van der Waals surface area contributed by atoms with E-state index in [-0.39, 0.29) is 11.7 Å². The summed E-state index contributed by atoms with van der Waals surface area (Å²) in [4.78, 5) is 27.1. The van der Waals surface area contributed by atoms with Crippen LogP contribution in [0.1, 0.15) is 25.7 Å². The molecule has 0 radical (unpaired) electrons. The van der Waals surface area contributed by atoms with Crippen LogP contribution in [0.2, 0.25) is 0 Å². The third-order valence-electron chi connectivity index (χ3n) is 3.65. The van der Waals surface area contributed by atoms with Gasteiger partial charge < -0.3 is 5.32 Å². The van der Waals surface area contributed by atoms with E-state index in [1.165, 1.54) is 33.6 Å². The van der Waals surface area contributed by atoms with Gasteiger partial charge >= 0.3 is 0 Å². The van der Waals surface area contributed by atoms with Crippen molar-refractivity contribution in [3.05, 3.63) is 80.2 Å². The first-order chi connectivity index (χ1) is 12.7. The highest BCUT2D eigenvalue weighted by atomic mass is 32.2. The maximum Gasteiger partial charge on any atom is 0.244 e. The summed E-state index contributed by atoms with van der Waals surface area (Å²) in [5.41, 5.74) is 1.69. The Morgan fingerprint density at radius 1 is 1.12 bits per heavy atom. The van der Waals surface area contributed by atoms with Gasteiger partial charge in [0.15, 0.2) is 0 Å². The molecule has 3 nitrogen and oxygen atoms in total. The van der Waals surface area contributed by atoms with Crippen LogP contribution < -0.4 is 5.32 Å². The van der Waals surface area contributed by atoms with Crippen molar-refractivity contribution < 1.29 is 9.59 Å². The van der Waals surface area contributed by atoms with E-state index in [2.05, 4.69) is 5.32 Å². The average Bonchev–Trinajstić information content (AvgIpc) is 3.36. The first-order valence-corrected chi connectivity index (χ1v) is 10.9. The number of thiophene rings is 2. The van der Waals surface area contributed by atoms with Crippen LogP contribution in [-0.2, 0) is 11.3 Å². The number of rotatable bonds is 7. The molecule has 1 N–H and O–H groups in total. The van der Waals surface area contributed by atoms with Crippen LogP contribution in [0.5, 0.6) is 0 Å². The Balaban J connectivity index is 1.53. The molecule has 0 aliphatic rings. The van der Waals surface area contributed by atoms with Gasteiger partial charge in [-0.25, -0.2) is 0 Å². The van der Waals surface area contributed by atoms with Crippen molar-refractivity contribution in [2.75, 3.05) is 6.26 Å². The molecule has 0 saturated carbocycles. The lowest BCUT2D eigenvalue weighted by Crippen LogP contribution is -2.19. The van der Waals surface area contributed by atoms with Gasteiger partial charge in [0.25, 0.3) is 0 Å². The fraction of sp³-hybridized carbons (Fsp3) is 0.100. The Hall–Kier alpha value is -2.15. The molecule has 3 rings (SSSR count). The number of carbonyl (C=O) groups excluding carboxylic acids is 2. The van der Waals surface area contributed by atoms with Crippen molar-refractivity contribution >= 4 is 52.2 Å². The van der Waals surface area contributed by atoms with E-state index < -0.39 is 0 Å². The van der Waals surface area contributed by atoms with Crippen molar-refractivity contribution in [2.24, 2.45) is 0 Å². The Labute approximate surface area is 164 Å². The third kappa shape index (κ3) is 4.94. The molecular weight excluding hydrogens is 382 g/mol. The molecule has 0 aliphatic heterocycles. The van der Waals surface area contributed by atoms with E-state index in [9.17, 15) is 9.59 Å². The standard InChI is InChI=1S/C20H17NO2S3/c1-24-16-5-2-14(3-6-16)4-9-19(22)21-12-17-7-8-18(26-17)20(23)15-10-11-25-13-15/h2-11,13H,12H2,1H3,(H,21,22). The number of benzene rings is 1. The molecule has 0 atom stereocenters. The summed E-state index contributed by atoms with van der Waals surface area (Å²) >= 11 is 4.61. The van der Waals surface area contributed by atoms with Crippen LogP contribution >= 0.6 is 34.4 Å². The second-order valence-corrected chi connectivity index (χ2v) is 8.26. The Morgan fingerprint density at radius 2 is 1.92 bits per heavy atom. The molecule has 2 heterocycles. The molecule has 0 aliphatic carbocycles. The average molecular weight is 400 g/mol. The van der Waals surface area contributed by atoms with E-state index in [0.29, 0.717) is 17.0 Å². The predicted octanol–water partition coefficient (Wildman–Crippen LogP) is 5.09. The minimum Gasteiger partial charge on any atom is -0.348 e. The smallest absolute Gasteiger partial charge is 0.244 e. The molecule has 26 heavy (non-hydrogen) atoms. The highest BCUT2D eigenvalue weighted by Gasteiger charge is 2.12. The molecule has 1 amide bonds. The molecular formula is C20H17NO2S3. The zero-order valence-corrected chi connectivity index (χ0v) is 16.5. The lowest BCUT2D eigenvalue weighted by Gasteiger charge is -2.00. The fourth-order valence-electron chi connectivity index (χ4n) is 2.25. The van der Waals surface area contributed by atoms with Gasteiger partial charge in [0, 0.05) is 26.8 Å². The molecule has 2 aromatic heterocycles. The SMILES string of the molecule is CSc1ccc(C=CC(=O)NCc2ccc(C(=O)c3ccsc3)s2)cc1. The highest BCUT2D eigenvalue weighted by molar-refractivity contribution is 7.98. The van der Waals surface area contributed by atoms with Crippen molar-refractivity contribution in [1.82, 2.24) is 5.32 Å². The zero-order chi connectivity index (χ0) is 18.4. The summed E-state index contributed by atoms with van der Waals surface area (Å²) in [6.07, 6.45) is 5.35.